The van der Waals surface area contributed by atoms with Gasteiger partial charge in [0.2, 0.25) is 0 Å². The Kier molecular flexibility index (Phi) is 6.95. The van der Waals surface area contributed by atoms with E-state index in [1.54, 1.807) is 12.1 Å². The minimum absolute atomic E-state index is 0.0203. The summed E-state index contributed by atoms with van der Waals surface area (Å²) < 4.78 is 48.0. The molecule has 200 valence electrons. The van der Waals surface area contributed by atoms with E-state index >= 15 is 0 Å². The van der Waals surface area contributed by atoms with Crippen LogP contribution in [0.15, 0.2) is 53.6 Å². The van der Waals surface area contributed by atoms with E-state index in [0.717, 1.165) is 19.3 Å². The van der Waals surface area contributed by atoms with Gasteiger partial charge in [0.15, 0.2) is 5.03 Å². The van der Waals surface area contributed by atoms with Gasteiger partial charge >= 0.3 is 0 Å². The number of nitrogen functional groups attached to an aromatic ring is 1. The number of halogens is 1. The van der Waals surface area contributed by atoms with E-state index in [4.69, 9.17) is 15.5 Å². The molecule has 2 aromatic heterocycles. The number of carbonyl (C=O) groups is 1. The van der Waals surface area contributed by atoms with E-state index < -0.39 is 21.7 Å². The number of nitrogens with zero attached hydrogens (tertiary/aromatic N) is 3. The molecular weight excluding hydrogens is 509 g/mol. The molecule has 3 heterocycles. The molecular formula is C27H30FN5O4S. The molecule has 1 aliphatic carbocycles. The molecule has 1 saturated carbocycles. The standard InChI is InChI=1S/C27H30FN5O4S/c1-16(2)15-37-20-12-18(11-19(28)14-20)22-9-8-21(26(30-22)33-10-4-5-17-13-23(17)33)27(34)32-38(35,36)25-7-3-6-24(29)31-25/h3,6-9,11-12,14,16-17,23H,4-5,10,13,15H2,1-2H3,(H2,29,31)(H,32,34). The van der Waals surface area contributed by atoms with Crippen LogP contribution in [0.4, 0.5) is 16.0 Å². The third-order valence-electron chi connectivity index (χ3n) is 6.65. The van der Waals surface area contributed by atoms with Crippen LogP contribution in [0.2, 0.25) is 0 Å². The van der Waals surface area contributed by atoms with E-state index in [2.05, 4.69) is 14.6 Å². The number of nitrogens with one attached hydrogen (secondary N) is 1. The van der Waals surface area contributed by atoms with Gasteiger partial charge in [-0.3, -0.25) is 4.79 Å². The van der Waals surface area contributed by atoms with Crippen LogP contribution in [0.3, 0.4) is 0 Å². The molecule has 1 amide bonds. The number of hydrogen-bond acceptors (Lipinski definition) is 8. The van der Waals surface area contributed by atoms with E-state index in [9.17, 15) is 17.6 Å². The zero-order chi connectivity index (χ0) is 27.0. The average Bonchev–Trinajstić information content (AvgIpc) is 3.67. The highest BCUT2D eigenvalue weighted by Crippen LogP contribution is 2.45. The molecule has 1 aromatic carbocycles. The van der Waals surface area contributed by atoms with Crippen molar-refractivity contribution in [2.45, 2.75) is 44.2 Å². The van der Waals surface area contributed by atoms with Gasteiger partial charge in [-0.05, 0) is 67.5 Å². The summed E-state index contributed by atoms with van der Waals surface area (Å²) in [6.07, 6.45) is 3.04. The fraction of sp³-hybridized carbons (Fsp3) is 0.370. The van der Waals surface area contributed by atoms with Gasteiger partial charge in [-0.2, -0.15) is 8.42 Å². The number of piperidine rings is 1. The molecule has 2 fully saturated rings. The minimum Gasteiger partial charge on any atom is -0.493 e. The molecule has 1 saturated heterocycles. The molecule has 0 radical (unpaired) electrons. The van der Waals surface area contributed by atoms with Crippen molar-refractivity contribution in [3.8, 4) is 17.0 Å². The number of ether oxygens (including phenoxy) is 1. The number of carbonyl (C=O) groups excluding carboxylic acids is 1. The van der Waals surface area contributed by atoms with E-state index in [0.29, 0.717) is 41.9 Å². The summed E-state index contributed by atoms with van der Waals surface area (Å²) in [6, 6.07) is 11.9. The quantitative estimate of drug-likeness (QED) is 0.440. The Morgan fingerprint density at radius 2 is 2.03 bits per heavy atom. The number of hydrogen-bond donors (Lipinski definition) is 2. The van der Waals surface area contributed by atoms with Gasteiger partial charge in [0.25, 0.3) is 15.9 Å². The molecule has 11 heteroatoms. The van der Waals surface area contributed by atoms with E-state index in [-0.39, 0.29) is 28.4 Å². The number of aromatic nitrogens is 2. The van der Waals surface area contributed by atoms with Crippen LogP contribution < -0.4 is 20.1 Å². The SMILES string of the molecule is CC(C)COc1cc(F)cc(-c2ccc(C(=O)NS(=O)(=O)c3cccc(N)n3)c(N3CCCC4CC43)n2)c1. The molecule has 3 N–H and O–H groups in total. The second-order valence-corrected chi connectivity index (χ2v) is 11.8. The van der Waals surface area contributed by atoms with Gasteiger partial charge in [0.05, 0.1) is 17.9 Å². The molecule has 9 nitrogen and oxygen atoms in total. The largest absolute Gasteiger partial charge is 0.493 e. The first-order valence-electron chi connectivity index (χ1n) is 12.6. The van der Waals surface area contributed by atoms with Gasteiger partial charge in [0.1, 0.15) is 23.2 Å². The summed E-state index contributed by atoms with van der Waals surface area (Å²) in [5.41, 5.74) is 6.69. The number of sulfonamides is 1. The van der Waals surface area contributed by atoms with Crippen molar-refractivity contribution in [1.82, 2.24) is 14.7 Å². The predicted molar refractivity (Wildman–Crippen MR) is 142 cm³/mol. The van der Waals surface area contributed by atoms with Crippen molar-refractivity contribution in [1.29, 1.82) is 0 Å². The Morgan fingerprint density at radius 3 is 2.79 bits per heavy atom. The lowest BCUT2D eigenvalue weighted by molar-refractivity contribution is 0.0981. The number of anilines is 2. The predicted octanol–water partition coefficient (Wildman–Crippen LogP) is 4.01. The van der Waals surface area contributed by atoms with Gasteiger partial charge in [0, 0.05) is 24.2 Å². The highest BCUT2D eigenvalue weighted by Gasteiger charge is 2.45. The van der Waals surface area contributed by atoms with Crippen LogP contribution in [0.5, 0.6) is 5.75 Å². The first kappa shape index (κ1) is 25.9. The van der Waals surface area contributed by atoms with E-state index in [1.165, 1.54) is 36.4 Å². The summed E-state index contributed by atoms with van der Waals surface area (Å²) in [6.45, 7) is 5.14. The number of fused-ring (bicyclic) bond motifs is 1. The van der Waals surface area contributed by atoms with Crippen molar-refractivity contribution in [2.24, 2.45) is 11.8 Å². The first-order valence-corrected chi connectivity index (χ1v) is 14.1. The van der Waals surface area contributed by atoms with Crippen LogP contribution in [0, 0.1) is 17.7 Å². The number of rotatable bonds is 8. The van der Waals surface area contributed by atoms with Crippen molar-refractivity contribution in [3.63, 3.8) is 0 Å². The second-order valence-electron chi connectivity index (χ2n) is 10.2. The summed E-state index contributed by atoms with van der Waals surface area (Å²) in [4.78, 5) is 24.0. The van der Waals surface area contributed by atoms with Crippen molar-refractivity contribution >= 4 is 27.6 Å². The molecule has 3 aromatic rings. The smallest absolute Gasteiger partial charge is 0.281 e. The normalized spacial score (nSPS) is 18.7. The maximum absolute atomic E-state index is 14.5. The number of pyridine rings is 2. The Morgan fingerprint density at radius 1 is 1.21 bits per heavy atom. The van der Waals surface area contributed by atoms with Gasteiger partial charge in [-0.1, -0.05) is 19.9 Å². The monoisotopic (exact) mass is 539 g/mol. The van der Waals surface area contributed by atoms with Gasteiger partial charge in [-0.25, -0.2) is 19.1 Å². The highest BCUT2D eigenvalue weighted by atomic mass is 32.2. The van der Waals surface area contributed by atoms with Crippen LogP contribution in [-0.2, 0) is 10.0 Å². The molecule has 1 aliphatic heterocycles. The van der Waals surface area contributed by atoms with Crippen LogP contribution in [0.1, 0.15) is 43.5 Å². The van der Waals surface area contributed by atoms with Crippen molar-refractivity contribution in [3.05, 3.63) is 59.9 Å². The minimum atomic E-state index is -4.27. The third kappa shape index (κ3) is 5.57. The molecule has 2 atom stereocenters. The fourth-order valence-corrected chi connectivity index (χ4v) is 5.69. The Labute approximate surface area is 221 Å². The van der Waals surface area contributed by atoms with Crippen LogP contribution >= 0.6 is 0 Å². The summed E-state index contributed by atoms with van der Waals surface area (Å²) >= 11 is 0. The number of nitrogens with two attached hydrogens (primary N) is 1. The van der Waals surface area contributed by atoms with Gasteiger partial charge < -0.3 is 15.4 Å². The molecule has 0 bridgehead atoms. The van der Waals surface area contributed by atoms with Crippen molar-refractivity contribution < 1.29 is 22.3 Å². The maximum Gasteiger partial charge on any atom is 0.281 e. The molecule has 5 rings (SSSR count). The zero-order valence-electron chi connectivity index (χ0n) is 21.2. The Bertz CT molecular complexity index is 1480. The number of amides is 1. The van der Waals surface area contributed by atoms with Crippen molar-refractivity contribution in [2.75, 3.05) is 23.8 Å². The maximum atomic E-state index is 14.5. The molecule has 38 heavy (non-hydrogen) atoms. The number of benzene rings is 1. The molecule has 2 aliphatic rings. The first-order chi connectivity index (χ1) is 18.1. The Hall–Kier alpha value is -3.73. The second kappa shape index (κ2) is 10.2. The van der Waals surface area contributed by atoms with E-state index in [1.807, 2.05) is 13.8 Å². The zero-order valence-corrected chi connectivity index (χ0v) is 22.0. The third-order valence-corrected chi connectivity index (χ3v) is 7.88. The highest BCUT2D eigenvalue weighted by molar-refractivity contribution is 7.90. The molecule has 2 unspecified atom stereocenters. The lowest BCUT2D eigenvalue weighted by Crippen LogP contribution is -2.36. The summed E-state index contributed by atoms with van der Waals surface area (Å²) in [7, 11) is -4.27. The fourth-order valence-electron chi connectivity index (χ4n) is 4.75. The summed E-state index contributed by atoms with van der Waals surface area (Å²) in [5, 5.41) is -0.356. The Balaban J connectivity index is 1.51. The molecule has 0 spiro atoms. The van der Waals surface area contributed by atoms with Crippen LogP contribution in [-0.4, -0.2) is 43.5 Å². The topological polar surface area (TPSA) is 128 Å². The lowest BCUT2D eigenvalue weighted by Gasteiger charge is -2.29. The lowest BCUT2D eigenvalue weighted by atomic mass is 10.1. The summed E-state index contributed by atoms with van der Waals surface area (Å²) in [5.74, 6) is 0.284. The van der Waals surface area contributed by atoms with Crippen LogP contribution in [0.25, 0.3) is 11.3 Å². The van der Waals surface area contributed by atoms with Gasteiger partial charge in [-0.15, -0.1) is 0 Å². The average molecular weight is 540 g/mol.